The third kappa shape index (κ3) is 14.0. The monoisotopic (exact) mass is 1020 g/mol. The first-order chi connectivity index (χ1) is 34.9. The Kier molecular flexibility index (Phi) is 17.1. The van der Waals surface area contributed by atoms with E-state index in [9.17, 15) is 14.7 Å². The van der Waals surface area contributed by atoms with Crippen LogP contribution in [0.1, 0.15) is 133 Å². The highest BCUT2D eigenvalue weighted by Gasteiger charge is 2.34. The van der Waals surface area contributed by atoms with Crippen molar-refractivity contribution >= 4 is 31.3 Å². The second-order valence-corrected chi connectivity index (χ2v) is 28.5. The number of hydrogen-bond acceptors (Lipinski definition) is 12. The number of aromatic carboxylic acids is 1. The maximum Gasteiger partial charge on any atom is 0.356 e. The van der Waals surface area contributed by atoms with E-state index in [0.717, 1.165) is 131 Å². The van der Waals surface area contributed by atoms with Gasteiger partial charge in [0.15, 0.2) is 11.4 Å². The SMILES string of the molecule is CC1(C)CCc2c(C(=O)Nc3cnn(C(c4cccnc4)C4CCOCC4)c3)n[nH]c2C1.CC1(C)CCc2c(C(=O)O)nn(COCC[Si](C)(C)C)c2C1.Nc1cnn(C(c2cccnc2)C2CCOCC2)c1. The third-order valence-electron chi connectivity index (χ3n) is 14.7. The molecule has 4 aliphatic rings. The van der Waals surface area contributed by atoms with Crippen LogP contribution in [0.5, 0.6) is 0 Å². The van der Waals surface area contributed by atoms with Gasteiger partial charge >= 0.3 is 5.97 Å². The summed E-state index contributed by atoms with van der Waals surface area (Å²) in [5.74, 6) is -0.210. The highest BCUT2D eigenvalue weighted by Crippen LogP contribution is 2.38. The van der Waals surface area contributed by atoms with Crippen LogP contribution in [0, 0.1) is 22.7 Å². The molecule has 2 saturated heterocycles. The summed E-state index contributed by atoms with van der Waals surface area (Å²) in [6, 6.07) is 9.46. The van der Waals surface area contributed by atoms with E-state index in [1.54, 1.807) is 29.5 Å². The molecule has 0 bridgehead atoms. The van der Waals surface area contributed by atoms with Gasteiger partial charge in [0.25, 0.3) is 5.91 Å². The number of nitrogens with two attached hydrogens (primary N) is 1. The van der Waals surface area contributed by atoms with Gasteiger partial charge in [-0.2, -0.15) is 20.4 Å². The zero-order valence-corrected chi connectivity index (χ0v) is 44.8. The minimum absolute atomic E-state index is 0.0543. The highest BCUT2D eigenvalue weighted by molar-refractivity contribution is 6.76. The Bertz CT molecular complexity index is 2730. The first-order valence-corrected chi connectivity index (χ1v) is 29.7. The molecular formula is C54H76N12O6Si. The minimum Gasteiger partial charge on any atom is -0.476 e. The Labute approximate surface area is 430 Å². The van der Waals surface area contributed by atoms with Gasteiger partial charge in [-0.1, -0.05) is 59.5 Å². The number of amides is 1. The van der Waals surface area contributed by atoms with Crippen molar-refractivity contribution in [3.8, 4) is 0 Å². The predicted octanol–water partition coefficient (Wildman–Crippen LogP) is 9.07. The molecule has 6 aromatic rings. The number of carbonyl (C=O) groups excluding carboxylic acids is 1. The first kappa shape index (κ1) is 53.3. The van der Waals surface area contributed by atoms with Gasteiger partial charge in [0, 0.05) is 101 Å². The van der Waals surface area contributed by atoms with Crippen molar-refractivity contribution < 1.29 is 28.9 Å². The number of ether oxygens (including phenoxy) is 3. The third-order valence-corrected chi connectivity index (χ3v) is 16.4. The summed E-state index contributed by atoms with van der Waals surface area (Å²) < 4.78 is 22.5. The lowest BCUT2D eigenvalue weighted by Crippen LogP contribution is -2.27. The quantitative estimate of drug-likeness (QED) is 0.0590. The number of aromatic amines is 1. The number of pyridine rings is 2. The van der Waals surface area contributed by atoms with E-state index < -0.39 is 14.0 Å². The molecule has 5 N–H and O–H groups in total. The molecule has 2 unspecified atom stereocenters. The number of anilines is 2. The maximum absolute atomic E-state index is 13.0. The Hall–Kier alpha value is -6.02. The Morgan fingerprint density at radius 1 is 0.822 bits per heavy atom. The van der Waals surface area contributed by atoms with E-state index >= 15 is 0 Å². The largest absolute Gasteiger partial charge is 0.476 e. The molecule has 73 heavy (non-hydrogen) atoms. The van der Waals surface area contributed by atoms with Gasteiger partial charge < -0.3 is 30.4 Å². The lowest BCUT2D eigenvalue weighted by atomic mass is 9.76. The van der Waals surface area contributed by atoms with Crippen molar-refractivity contribution in [1.29, 1.82) is 0 Å². The molecule has 2 fully saturated rings. The van der Waals surface area contributed by atoms with E-state index in [1.807, 2.05) is 46.3 Å². The molecule has 0 spiro atoms. The topological polar surface area (TPSA) is 228 Å². The van der Waals surface area contributed by atoms with Crippen LogP contribution in [0.25, 0.3) is 0 Å². The predicted molar refractivity (Wildman–Crippen MR) is 282 cm³/mol. The minimum atomic E-state index is -1.11. The molecule has 2 atom stereocenters. The van der Waals surface area contributed by atoms with E-state index in [4.69, 9.17) is 19.9 Å². The number of carboxylic acid groups (broad SMARTS) is 1. The number of nitrogens with one attached hydrogen (secondary N) is 2. The summed E-state index contributed by atoms with van der Waals surface area (Å²) in [7, 11) is -1.11. The smallest absolute Gasteiger partial charge is 0.356 e. The summed E-state index contributed by atoms with van der Waals surface area (Å²) in [4.78, 5) is 32.9. The molecule has 0 aromatic carbocycles. The van der Waals surface area contributed by atoms with E-state index in [2.05, 4.69) is 100 Å². The number of hydrogen-bond donors (Lipinski definition) is 4. The molecule has 19 heteroatoms. The second kappa shape index (κ2) is 23.5. The van der Waals surface area contributed by atoms with E-state index in [1.165, 1.54) is 5.56 Å². The molecule has 8 heterocycles. The number of carbonyl (C=O) groups is 2. The standard InChI is InChI=1S/C24H30N6O2.C16H28N2O3Si.C14H18N4O/c1-24(2)8-5-19-20(12-24)28-29-21(19)23(31)27-18-14-26-30(15-18)22(16-6-10-32-11-7-16)17-4-3-9-25-13-17;1-16(2)7-6-12-13(10-16)18(17-14(12)15(19)20)11-21-8-9-22(3,4)5;15-13-9-17-18(10-13)14(11-3-6-19-7-4-11)12-2-1-5-16-8-12/h3-4,9,13-16,22H,5-8,10-12H2,1-2H3,(H,27,31)(H,28,29);6-11H2,1-5H3,(H,19,20);1-2,5,8-11,14H,3-4,6-7,15H2. The summed E-state index contributed by atoms with van der Waals surface area (Å²) in [5, 5.41) is 33.1. The fourth-order valence-electron chi connectivity index (χ4n) is 10.5. The second-order valence-electron chi connectivity index (χ2n) is 22.9. The summed E-state index contributed by atoms with van der Waals surface area (Å²) >= 11 is 0. The summed E-state index contributed by atoms with van der Waals surface area (Å²) in [6.07, 6.45) is 24.1. The van der Waals surface area contributed by atoms with Crippen LogP contribution in [-0.4, -0.2) is 108 Å². The van der Waals surface area contributed by atoms with E-state index in [-0.39, 0.29) is 34.5 Å². The Balaban J connectivity index is 0.000000153. The van der Waals surface area contributed by atoms with Crippen molar-refractivity contribution in [2.75, 3.05) is 44.1 Å². The number of carboxylic acids is 1. The Morgan fingerprint density at radius 3 is 1.95 bits per heavy atom. The lowest BCUT2D eigenvalue weighted by molar-refractivity contribution is 0.0525. The number of H-pyrrole nitrogens is 1. The average Bonchev–Trinajstić information content (AvgIpc) is 4.18. The van der Waals surface area contributed by atoms with Crippen LogP contribution in [0.3, 0.4) is 0 Å². The van der Waals surface area contributed by atoms with Gasteiger partial charge in [-0.15, -0.1) is 0 Å². The van der Waals surface area contributed by atoms with Crippen LogP contribution in [0.15, 0.2) is 73.8 Å². The van der Waals surface area contributed by atoms with Gasteiger partial charge in [-0.05, 0) is 116 Å². The molecule has 6 aromatic heterocycles. The summed E-state index contributed by atoms with van der Waals surface area (Å²) in [6.45, 7) is 20.1. The molecule has 2 aliphatic heterocycles. The molecule has 1 amide bonds. The zero-order valence-electron chi connectivity index (χ0n) is 43.8. The lowest BCUT2D eigenvalue weighted by Gasteiger charge is -2.30. The molecule has 0 saturated carbocycles. The van der Waals surface area contributed by atoms with Crippen molar-refractivity contribution in [2.24, 2.45) is 22.7 Å². The van der Waals surface area contributed by atoms with Gasteiger partial charge in [0.05, 0.1) is 35.9 Å². The van der Waals surface area contributed by atoms with Crippen LogP contribution in [0.2, 0.25) is 25.7 Å². The fraction of sp³-hybridized carbons (Fsp3) is 0.556. The van der Waals surface area contributed by atoms with Crippen molar-refractivity contribution in [3.05, 3.63) is 119 Å². The number of aromatic nitrogens is 10. The molecule has 392 valence electrons. The zero-order chi connectivity index (χ0) is 51.8. The average molecular weight is 1020 g/mol. The summed E-state index contributed by atoms with van der Waals surface area (Å²) in [5.41, 5.74) is 14.7. The van der Waals surface area contributed by atoms with Crippen LogP contribution in [0.4, 0.5) is 11.4 Å². The molecule has 18 nitrogen and oxygen atoms in total. The molecule has 0 radical (unpaired) electrons. The maximum atomic E-state index is 13.0. The van der Waals surface area contributed by atoms with Crippen molar-refractivity contribution in [3.63, 3.8) is 0 Å². The number of fused-ring (bicyclic) bond motifs is 2. The normalized spacial score (nSPS) is 18.5. The molecular weight excluding hydrogens is 941 g/mol. The van der Waals surface area contributed by atoms with Crippen LogP contribution < -0.4 is 11.1 Å². The number of rotatable bonds is 14. The van der Waals surface area contributed by atoms with Crippen molar-refractivity contribution in [1.82, 2.24) is 49.5 Å². The van der Waals surface area contributed by atoms with Gasteiger partial charge in [0.2, 0.25) is 0 Å². The molecule has 2 aliphatic carbocycles. The number of nitrogens with zero attached hydrogens (tertiary/aromatic N) is 9. The highest BCUT2D eigenvalue weighted by atomic mass is 28.3. The number of nitrogen functional groups attached to an aromatic ring is 1. The van der Waals surface area contributed by atoms with Crippen LogP contribution in [-0.2, 0) is 46.6 Å². The molecule has 10 rings (SSSR count). The van der Waals surface area contributed by atoms with Gasteiger partial charge in [0.1, 0.15) is 6.73 Å². The van der Waals surface area contributed by atoms with Gasteiger partial charge in [-0.25, -0.2) is 9.48 Å². The van der Waals surface area contributed by atoms with Crippen molar-refractivity contribution in [2.45, 2.75) is 136 Å². The fourth-order valence-corrected chi connectivity index (χ4v) is 11.3. The first-order valence-electron chi connectivity index (χ1n) is 26.0. The van der Waals surface area contributed by atoms with Crippen LogP contribution >= 0.6 is 0 Å². The van der Waals surface area contributed by atoms with Gasteiger partial charge in [-0.3, -0.25) is 29.2 Å². The Morgan fingerprint density at radius 2 is 1.40 bits per heavy atom. The van der Waals surface area contributed by atoms with E-state index in [0.29, 0.717) is 35.6 Å².